The number of hydrogen-bond donors (Lipinski definition) is 2. The van der Waals surface area contributed by atoms with Crippen LogP contribution < -0.4 is 10.9 Å². The Morgan fingerprint density at radius 2 is 1.70 bits per heavy atom. The van der Waals surface area contributed by atoms with Crippen molar-refractivity contribution in [1.29, 1.82) is 0 Å². The van der Waals surface area contributed by atoms with Crippen LogP contribution in [-0.2, 0) is 6.42 Å². The maximum atomic E-state index is 12.8. The molecule has 0 spiro atoms. The molecule has 0 saturated heterocycles. The van der Waals surface area contributed by atoms with Crippen LogP contribution in [0.2, 0.25) is 0 Å². The zero-order valence-electron chi connectivity index (χ0n) is 18.9. The van der Waals surface area contributed by atoms with E-state index in [9.17, 15) is 4.79 Å². The number of benzene rings is 3. The van der Waals surface area contributed by atoms with E-state index in [4.69, 9.17) is 4.98 Å². The predicted molar refractivity (Wildman–Crippen MR) is 134 cm³/mol. The van der Waals surface area contributed by atoms with Crippen LogP contribution in [0.1, 0.15) is 47.6 Å². The van der Waals surface area contributed by atoms with Crippen LogP contribution in [0, 0.1) is 18.8 Å². The molecule has 2 aliphatic carbocycles. The van der Waals surface area contributed by atoms with Crippen molar-refractivity contribution >= 4 is 16.7 Å². The highest BCUT2D eigenvalue weighted by Gasteiger charge is 2.48. The molecule has 4 aromatic rings. The second-order valence-corrected chi connectivity index (χ2v) is 9.75. The molecule has 0 radical (unpaired) electrons. The average molecular weight is 436 g/mol. The second-order valence-electron chi connectivity index (χ2n) is 9.75. The standard InChI is InChI=1S/C29H29N3O/c1-18-25(16-19-8-3-2-4-9-19)30-29(32-28(18)33)31-27-22-15-14-21(17-22)26(27)24-13-7-11-20-10-5-6-12-23(20)24/h2-13,21-22,26-27H,14-17H2,1H3,(H2,30,31,32,33). The molecule has 0 amide bonds. The SMILES string of the molecule is Cc1c(Cc2ccccc2)nc(NC2C3CCC(C3)C2c2cccc3ccccc23)[nH]c1=O. The maximum Gasteiger partial charge on any atom is 0.255 e. The van der Waals surface area contributed by atoms with E-state index in [-0.39, 0.29) is 11.6 Å². The lowest BCUT2D eigenvalue weighted by Gasteiger charge is -2.33. The minimum absolute atomic E-state index is 0.0525. The average Bonchev–Trinajstić information content (AvgIpc) is 3.45. The molecule has 6 rings (SSSR count). The van der Waals surface area contributed by atoms with Gasteiger partial charge in [-0.25, -0.2) is 4.98 Å². The van der Waals surface area contributed by atoms with E-state index >= 15 is 0 Å². The smallest absolute Gasteiger partial charge is 0.255 e. The first-order chi connectivity index (χ1) is 16.2. The highest BCUT2D eigenvalue weighted by atomic mass is 16.1. The quantitative estimate of drug-likeness (QED) is 0.415. The lowest BCUT2D eigenvalue weighted by molar-refractivity contribution is 0.385. The fourth-order valence-electron chi connectivity index (χ4n) is 6.25. The van der Waals surface area contributed by atoms with Crippen molar-refractivity contribution in [1.82, 2.24) is 9.97 Å². The minimum atomic E-state index is -0.0525. The Labute approximate surface area is 194 Å². The van der Waals surface area contributed by atoms with E-state index in [2.05, 4.69) is 64.9 Å². The molecule has 4 heteroatoms. The monoisotopic (exact) mass is 435 g/mol. The van der Waals surface area contributed by atoms with Crippen LogP contribution in [-0.4, -0.2) is 16.0 Å². The highest BCUT2D eigenvalue weighted by molar-refractivity contribution is 5.86. The van der Waals surface area contributed by atoms with E-state index in [1.807, 2.05) is 25.1 Å². The van der Waals surface area contributed by atoms with Gasteiger partial charge in [-0.3, -0.25) is 9.78 Å². The number of nitrogens with zero attached hydrogens (tertiary/aromatic N) is 1. The lowest BCUT2D eigenvalue weighted by atomic mass is 9.78. The molecule has 4 unspecified atom stereocenters. The fraction of sp³-hybridized carbons (Fsp3) is 0.310. The molecule has 3 aromatic carbocycles. The molecule has 1 aromatic heterocycles. The van der Waals surface area contributed by atoms with E-state index in [1.54, 1.807) is 0 Å². The van der Waals surface area contributed by atoms with Crippen molar-refractivity contribution in [2.24, 2.45) is 11.8 Å². The third-order valence-corrected chi connectivity index (χ3v) is 7.87. The van der Waals surface area contributed by atoms with Gasteiger partial charge >= 0.3 is 0 Å². The summed E-state index contributed by atoms with van der Waals surface area (Å²) in [6.07, 6.45) is 4.44. The fourth-order valence-corrected chi connectivity index (χ4v) is 6.25. The molecule has 2 saturated carbocycles. The molecule has 166 valence electrons. The third-order valence-electron chi connectivity index (χ3n) is 7.87. The molecule has 2 fully saturated rings. The van der Waals surface area contributed by atoms with Crippen LogP contribution >= 0.6 is 0 Å². The van der Waals surface area contributed by atoms with Gasteiger partial charge in [0.25, 0.3) is 5.56 Å². The Balaban J connectivity index is 1.36. The molecular formula is C29H29N3O. The summed E-state index contributed by atoms with van der Waals surface area (Å²) in [6, 6.07) is 25.9. The Morgan fingerprint density at radius 1 is 0.939 bits per heavy atom. The molecule has 0 aliphatic heterocycles. The summed E-state index contributed by atoms with van der Waals surface area (Å²) in [6.45, 7) is 1.87. The van der Waals surface area contributed by atoms with Gasteiger partial charge in [0, 0.05) is 23.9 Å². The number of aromatic nitrogens is 2. The van der Waals surface area contributed by atoms with Crippen molar-refractivity contribution in [3.63, 3.8) is 0 Å². The lowest BCUT2D eigenvalue weighted by Crippen LogP contribution is -2.35. The molecule has 2 N–H and O–H groups in total. The van der Waals surface area contributed by atoms with Crippen LogP contribution in [0.3, 0.4) is 0 Å². The van der Waals surface area contributed by atoms with Gasteiger partial charge in [-0.2, -0.15) is 0 Å². The molecule has 2 aliphatic rings. The normalized spacial score (nSPS) is 23.8. The molecular weight excluding hydrogens is 406 g/mol. The summed E-state index contributed by atoms with van der Waals surface area (Å²) in [7, 11) is 0. The molecule has 1 heterocycles. The van der Waals surface area contributed by atoms with E-state index in [0.29, 0.717) is 35.7 Å². The van der Waals surface area contributed by atoms with E-state index < -0.39 is 0 Å². The van der Waals surface area contributed by atoms with Crippen molar-refractivity contribution < 1.29 is 0 Å². The van der Waals surface area contributed by atoms with Gasteiger partial charge in [0.1, 0.15) is 0 Å². The summed E-state index contributed by atoms with van der Waals surface area (Å²) in [5.74, 6) is 2.33. The van der Waals surface area contributed by atoms with Gasteiger partial charge < -0.3 is 5.32 Å². The van der Waals surface area contributed by atoms with Crippen LogP contribution in [0.15, 0.2) is 77.6 Å². The van der Waals surface area contributed by atoms with Crippen molar-refractivity contribution in [3.05, 3.63) is 106 Å². The summed E-state index contributed by atoms with van der Waals surface area (Å²) in [5.41, 5.74) is 4.08. The van der Waals surface area contributed by atoms with Gasteiger partial charge in [-0.15, -0.1) is 0 Å². The Morgan fingerprint density at radius 3 is 2.58 bits per heavy atom. The summed E-state index contributed by atoms with van der Waals surface area (Å²) in [4.78, 5) is 20.7. The number of anilines is 1. The molecule has 2 bridgehead atoms. The Hall–Kier alpha value is -3.40. The number of nitrogens with one attached hydrogen (secondary N) is 2. The molecule has 4 atom stereocenters. The van der Waals surface area contributed by atoms with E-state index in [0.717, 1.165) is 5.69 Å². The number of aromatic amines is 1. The predicted octanol–water partition coefficient (Wildman–Crippen LogP) is 5.82. The van der Waals surface area contributed by atoms with Crippen molar-refractivity contribution in [2.75, 3.05) is 5.32 Å². The van der Waals surface area contributed by atoms with Gasteiger partial charge in [0.15, 0.2) is 0 Å². The highest BCUT2D eigenvalue weighted by Crippen LogP contribution is 2.54. The van der Waals surface area contributed by atoms with E-state index in [1.165, 1.54) is 41.2 Å². The summed E-state index contributed by atoms with van der Waals surface area (Å²) in [5, 5.41) is 6.35. The number of hydrogen-bond acceptors (Lipinski definition) is 3. The minimum Gasteiger partial charge on any atom is -0.352 e. The van der Waals surface area contributed by atoms with Crippen LogP contribution in [0.4, 0.5) is 5.95 Å². The largest absolute Gasteiger partial charge is 0.352 e. The number of H-pyrrole nitrogens is 1. The maximum absolute atomic E-state index is 12.8. The zero-order valence-corrected chi connectivity index (χ0v) is 18.9. The van der Waals surface area contributed by atoms with Gasteiger partial charge in [-0.05, 0) is 59.9 Å². The Bertz CT molecular complexity index is 1360. The molecule has 4 nitrogen and oxygen atoms in total. The first kappa shape index (κ1) is 20.2. The van der Waals surface area contributed by atoms with Crippen molar-refractivity contribution in [3.8, 4) is 0 Å². The van der Waals surface area contributed by atoms with Gasteiger partial charge in [-0.1, -0.05) is 72.8 Å². The number of rotatable bonds is 5. The van der Waals surface area contributed by atoms with Crippen molar-refractivity contribution in [2.45, 2.75) is 44.6 Å². The van der Waals surface area contributed by atoms with Crippen LogP contribution in [0.25, 0.3) is 10.8 Å². The zero-order chi connectivity index (χ0) is 22.4. The summed E-state index contributed by atoms with van der Waals surface area (Å²) < 4.78 is 0. The van der Waals surface area contributed by atoms with Gasteiger partial charge in [0.2, 0.25) is 5.95 Å². The number of fused-ring (bicyclic) bond motifs is 3. The second kappa shape index (κ2) is 8.18. The third kappa shape index (κ3) is 3.64. The van der Waals surface area contributed by atoms with Gasteiger partial charge in [0.05, 0.1) is 5.69 Å². The summed E-state index contributed by atoms with van der Waals surface area (Å²) >= 11 is 0. The van der Waals surface area contributed by atoms with Crippen LogP contribution in [0.5, 0.6) is 0 Å². The Kier molecular flexibility index (Phi) is 5.01. The first-order valence-corrected chi connectivity index (χ1v) is 12.1. The molecule has 33 heavy (non-hydrogen) atoms. The first-order valence-electron chi connectivity index (χ1n) is 12.1. The topological polar surface area (TPSA) is 57.8 Å².